The Balaban J connectivity index is 3.33. The molecule has 0 radical (unpaired) electrons. The molecule has 0 aliphatic rings. The standard InChI is InChI=1S/C3H4N2O/c1-5-3(6)2-4/h2,4H2. The van der Waals surface area contributed by atoms with Gasteiger partial charge < -0.3 is 10.5 Å². The van der Waals surface area contributed by atoms with Crippen molar-refractivity contribution in [3.05, 3.63) is 11.4 Å². The van der Waals surface area contributed by atoms with Gasteiger partial charge in [0.1, 0.15) is 0 Å². The Morgan fingerprint density at radius 2 is 2.50 bits per heavy atom. The number of nitrogens with two attached hydrogens (primary N) is 1. The minimum absolute atomic E-state index is 0.163. The molecule has 0 fully saturated rings. The van der Waals surface area contributed by atoms with Gasteiger partial charge in [-0.15, -0.1) is 0 Å². The van der Waals surface area contributed by atoms with Crippen LogP contribution in [0.3, 0.4) is 0 Å². The Morgan fingerprint density at radius 3 is 2.50 bits per heavy atom. The summed E-state index contributed by atoms with van der Waals surface area (Å²) in [7, 11) is 0. The smallest absolute Gasteiger partial charge is 0.333 e. The van der Waals surface area contributed by atoms with E-state index < -0.39 is 5.91 Å². The molecule has 6 heavy (non-hydrogen) atoms. The third-order valence-electron chi connectivity index (χ3n) is 0.299. The van der Waals surface area contributed by atoms with Gasteiger partial charge in [0.25, 0.3) is 0 Å². The van der Waals surface area contributed by atoms with Crippen LogP contribution in [0.4, 0.5) is 0 Å². The van der Waals surface area contributed by atoms with Gasteiger partial charge in [-0.25, -0.2) is 0 Å². The number of hydrogen-bond acceptors (Lipinski definition) is 2. The Hall–Kier alpha value is -0.880. The number of carbonyl (C=O) groups excluding carboxylic acids is 1. The van der Waals surface area contributed by atoms with Gasteiger partial charge in [0.15, 0.2) is 0 Å². The lowest BCUT2D eigenvalue weighted by Gasteiger charge is -1.70. The van der Waals surface area contributed by atoms with E-state index in [9.17, 15) is 4.79 Å². The number of amides is 1. The summed E-state index contributed by atoms with van der Waals surface area (Å²) in [5.41, 5.74) is 4.72. The van der Waals surface area contributed by atoms with Crippen LogP contribution in [0, 0.1) is 6.57 Å². The summed E-state index contributed by atoms with van der Waals surface area (Å²) < 4.78 is 0. The van der Waals surface area contributed by atoms with Crippen molar-refractivity contribution < 1.29 is 4.79 Å². The molecule has 0 aromatic rings. The highest BCUT2D eigenvalue weighted by molar-refractivity contribution is 5.87. The minimum atomic E-state index is -0.588. The van der Waals surface area contributed by atoms with Gasteiger partial charge in [-0.2, -0.15) is 4.85 Å². The summed E-state index contributed by atoms with van der Waals surface area (Å²) in [6.07, 6.45) is 0. The van der Waals surface area contributed by atoms with Crippen molar-refractivity contribution >= 4 is 5.91 Å². The van der Waals surface area contributed by atoms with Crippen molar-refractivity contribution in [1.29, 1.82) is 0 Å². The fourth-order valence-corrected chi connectivity index (χ4v) is 0.0456. The molecule has 0 unspecified atom stereocenters. The van der Waals surface area contributed by atoms with Crippen molar-refractivity contribution in [1.82, 2.24) is 0 Å². The van der Waals surface area contributed by atoms with E-state index in [1.165, 1.54) is 0 Å². The largest absolute Gasteiger partial charge is 0.368 e. The first kappa shape index (κ1) is 5.12. The van der Waals surface area contributed by atoms with Crippen LogP contribution in [0.15, 0.2) is 0 Å². The molecule has 0 aliphatic carbocycles. The minimum Gasteiger partial charge on any atom is -0.333 e. The van der Waals surface area contributed by atoms with Crippen LogP contribution in [0.25, 0.3) is 4.85 Å². The predicted molar refractivity (Wildman–Crippen MR) is 20.7 cm³/mol. The lowest BCUT2D eigenvalue weighted by molar-refractivity contribution is -0.113. The molecule has 0 saturated carbocycles. The van der Waals surface area contributed by atoms with Crippen LogP contribution < -0.4 is 5.73 Å². The highest BCUT2D eigenvalue weighted by atomic mass is 16.1. The molecule has 2 N–H and O–H groups in total. The predicted octanol–water partition coefficient (Wildman–Crippen LogP) is -0.609. The van der Waals surface area contributed by atoms with E-state index in [2.05, 4.69) is 4.85 Å². The fraction of sp³-hybridized carbons (Fsp3) is 0.333. The molecular formula is C3H4N2O. The van der Waals surface area contributed by atoms with Gasteiger partial charge in [0, 0.05) is 0 Å². The average molecular weight is 84.1 g/mol. The molecule has 32 valence electrons. The van der Waals surface area contributed by atoms with Crippen molar-refractivity contribution in [2.24, 2.45) is 5.73 Å². The number of hydrogen-bond donors (Lipinski definition) is 1. The van der Waals surface area contributed by atoms with E-state index >= 15 is 0 Å². The normalized spacial score (nSPS) is 6.67. The number of carbonyl (C=O) groups is 1. The highest BCUT2D eigenvalue weighted by Gasteiger charge is 1.87. The molecule has 0 heterocycles. The molecule has 0 rings (SSSR count). The molecule has 3 nitrogen and oxygen atoms in total. The summed E-state index contributed by atoms with van der Waals surface area (Å²) in [4.78, 5) is 12.2. The Labute approximate surface area is 35.6 Å². The molecule has 0 saturated heterocycles. The van der Waals surface area contributed by atoms with Gasteiger partial charge in [-0.05, 0) is 0 Å². The molecule has 0 aromatic heterocycles. The van der Waals surface area contributed by atoms with E-state index in [4.69, 9.17) is 12.3 Å². The van der Waals surface area contributed by atoms with E-state index in [1.807, 2.05) is 0 Å². The third kappa shape index (κ3) is 1.44. The molecule has 3 heteroatoms. The van der Waals surface area contributed by atoms with Crippen LogP contribution in [0.1, 0.15) is 0 Å². The zero-order valence-electron chi connectivity index (χ0n) is 3.14. The Bertz CT molecular complexity index is 91.5. The van der Waals surface area contributed by atoms with Gasteiger partial charge in [0.05, 0.1) is 13.1 Å². The first-order chi connectivity index (χ1) is 2.81. The molecule has 0 aromatic carbocycles. The summed E-state index contributed by atoms with van der Waals surface area (Å²) in [6.45, 7) is 5.84. The van der Waals surface area contributed by atoms with Crippen molar-refractivity contribution in [3.8, 4) is 0 Å². The quantitative estimate of drug-likeness (QED) is 0.431. The molecular weight excluding hydrogens is 80.0 g/mol. The maximum absolute atomic E-state index is 9.70. The fourth-order valence-electron chi connectivity index (χ4n) is 0.0456. The van der Waals surface area contributed by atoms with Crippen LogP contribution in [0.5, 0.6) is 0 Å². The highest BCUT2D eigenvalue weighted by Crippen LogP contribution is 1.61. The molecule has 0 aliphatic heterocycles. The molecule has 0 spiro atoms. The van der Waals surface area contributed by atoms with Crippen LogP contribution in [0.2, 0.25) is 0 Å². The van der Waals surface area contributed by atoms with Crippen LogP contribution in [-0.2, 0) is 4.79 Å². The van der Waals surface area contributed by atoms with Crippen molar-refractivity contribution in [3.63, 3.8) is 0 Å². The van der Waals surface area contributed by atoms with E-state index in [-0.39, 0.29) is 6.54 Å². The lowest BCUT2D eigenvalue weighted by atomic mass is 10.7. The van der Waals surface area contributed by atoms with E-state index in [1.54, 1.807) is 0 Å². The zero-order valence-corrected chi connectivity index (χ0v) is 3.14. The Kier molecular flexibility index (Phi) is 2.02. The third-order valence-corrected chi connectivity index (χ3v) is 0.299. The van der Waals surface area contributed by atoms with Crippen molar-refractivity contribution in [2.45, 2.75) is 0 Å². The van der Waals surface area contributed by atoms with Crippen LogP contribution >= 0.6 is 0 Å². The average Bonchev–Trinajstić information content (AvgIpc) is 1.65. The SMILES string of the molecule is [C-]#[N+]C(=O)CN. The summed E-state index contributed by atoms with van der Waals surface area (Å²) >= 11 is 0. The molecule has 0 bridgehead atoms. The number of rotatable bonds is 1. The van der Waals surface area contributed by atoms with E-state index in [0.29, 0.717) is 0 Å². The van der Waals surface area contributed by atoms with Gasteiger partial charge >= 0.3 is 5.91 Å². The van der Waals surface area contributed by atoms with Crippen LogP contribution in [-0.4, -0.2) is 12.5 Å². The second kappa shape index (κ2) is 2.36. The number of nitrogens with zero attached hydrogens (tertiary/aromatic N) is 1. The monoisotopic (exact) mass is 84.0 g/mol. The second-order valence-electron chi connectivity index (χ2n) is 0.710. The first-order valence-corrected chi connectivity index (χ1v) is 1.41. The first-order valence-electron chi connectivity index (χ1n) is 1.41. The maximum Gasteiger partial charge on any atom is 0.368 e. The Morgan fingerprint density at radius 1 is 2.00 bits per heavy atom. The summed E-state index contributed by atoms with van der Waals surface area (Å²) in [6, 6.07) is 0. The van der Waals surface area contributed by atoms with Crippen molar-refractivity contribution in [2.75, 3.05) is 6.54 Å². The lowest BCUT2D eigenvalue weighted by Crippen LogP contribution is -2.07. The summed E-state index contributed by atoms with van der Waals surface area (Å²) in [5.74, 6) is -0.588. The summed E-state index contributed by atoms with van der Waals surface area (Å²) in [5, 5.41) is 0. The van der Waals surface area contributed by atoms with Gasteiger partial charge in [-0.1, -0.05) is 0 Å². The molecule has 0 atom stereocenters. The zero-order chi connectivity index (χ0) is 4.99. The maximum atomic E-state index is 9.70. The topological polar surface area (TPSA) is 47.5 Å². The van der Waals surface area contributed by atoms with Gasteiger partial charge in [0.2, 0.25) is 0 Å². The van der Waals surface area contributed by atoms with E-state index in [0.717, 1.165) is 0 Å². The van der Waals surface area contributed by atoms with Gasteiger partial charge in [-0.3, -0.25) is 0 Å². The second-order valence-corrected chi connectivity index (χ2v) is 0.710. The molecule has 1 amide bonds.